The molecule has 0 radical (unpaired) electrons. The van der Waals surface area contributed by atoms with Gasteiger partial charge in [-0.25, -0.2) is 9.31 Å². The van der Waals surface area contributed by atoms with Gasteiger partial charge >= 0.3 is 12.3 Å². The Morgan fingerprint density at radius 3 is 2.79 bits per heavy atom. The summed E-state index contributed by atoms with van der Waals surface area (Å²) in [5, 5.41) is 25.4. The number of likely N-dealkylation sites (tertiary alicyclic amines) is 1. The molecule has 1 saturated heterocycles. The number of carbonyl (C=O) groups is 1. The number of alkyl halides is 3. The van der Waals surface area contributed by atoms with Crippen molar-refractivity contribution in [2.45, 2.75) is 32.0 Å². The maximum Gasteiger partial charge on any atom is 0.416 e. The first kappa shape index (κ1) is 23.5. The number of nitrogens with zero attached hydrogens (tertiary/aromatic N) is 5. The molecule has 1 aliphatic rings. The Hall–Kier alpha value is -3.61. The monoisotopic (exact) mass is 480 g/mol. The fraction of sp³-hybridized carbons (Fsp3) is 0.429. The van der Waals surface area contributed by atoms with Gasteiger partial charge in [0.2, 0.25) is 0 Å². The van der Waals surface area contributed by atoms with Crippen molar-refractivity contribution in [1.82, 2.24) is 24.7 Å². The fourth-order valence-corrected chi connectivity index (χ4v) is 3.88. The molecule has 1 atom stereocenters. The van der Waals surface area contributed by atoms with Crippen molar-refractivity contribution in [1.29, 1.82) is 0 Å². The number of nitrogens with one attached hydrogen (secondary N) is 1. The zero-order chi connectivity index (χ0) is 24.5. The Balaban J connectivity index is 1.73. The van der Waals surface area contributed by atoms with Gasteiger partial charge in [-0.1, -0.05) is 0 Å². The van der Waals surface area contributed by atoms with Gasteiger partial charge in [0.05, 0.1) is 16.8 Å². The number of fused-ring (bicyclic) bond motifs is 1. The summed E-state index contributed by atoms with van der Waals surface area (Å²) in [5.41, 5.74) is 0.572. The second-order valence-electron chi connectivity index (χ2n) is 7.93. The Labute approximate surface area is 192 Å². The van der Waals surface area contributed by atoms with Gasteiger partial charge in [0.25, 0.3) is 0 Å². The lowest BCUT2D eigenvalue weighted by atomic mass is 10.1. The molecular formula is C21H23F3N6O4. The lowest BCUT2D eigenvalue weighted by Crippen LogP contribution is -2.44. The Bertz CT molecular complexity index is 1200. The molecule has 10 nitrogen and oxygen atoms in total. The molecule has 1 fully saturated rings. The van der Waals surface area contributed by atoms with E-state index in [0.29, 0.717) is 36.5 Å². The van der Waals surface area contributed by atoms with Gasteiger partial charge in [0.1, 0.15) is 11.3 Å². The molecule has 182 valence electrons. The van der Waals surface area contributed by atoms with Crippen LogP contribution in [0.3, 0.4) is 0 Å². The van der Waals surface area contributed by atoms with Gasteiger partial charge in [-0.15, -0.1) is 10.2 Å². The molecule has 4 rings (SSSR count). The molecule has 0 unspecified atom stereocenters. The molecule has 2 N–H and O–H groups in total. The Morgan fingerprint density at radius 2 is 2.09 bits per heavy atom. The number of piperidine rings is 1. The number of rotatable bonds is 6. The van der Waals surface area contributed by atoms with E-state index < -0.39 is 17.8 Å². The van der Waals surface area contributed by atoms with Crippen LogP contribution in [-0.2, 0) is 10.9 Å². The molecule has 3 heterocycles. The van der Waals surface area contributed by atoms with Crippen LogP contribution in [0.25, 0.3) is 16.9 Å². The topological polar surface area (TPSA) is 114 Å². The van der Waals surface area contributed by atoms with Crippen molar-refractivity contribution in [2.75, 3.05) is 32.3 Å². The van der Waals surface area contributed by atoms with Crippen LogP contribution in [-0.4, -0.2) is 68.9 Å². The molecule has 3 aromatic rings. The molecule has 1 amide bonds. The van der Waals surface area contributed by atoms with E-state index in [1.165, 1.54) is 22.6 Å². The SMILES string of the molecule is COCOc1cc(C(F)(F)F)ccc1-c1nnc(N[C@@H]2CCCN(C(=O)O)C2)c2cc(C)nn12. The van der Waals surface area contributed by atoms with Crippen molar-refractivity contribution < 1.29 is 32.5 Å². The number of hydrogen-bond acceptors (Lipinski definition) is 7. The highest BCUT2D eigenvalue weighted by Gasteiger charge is 2.32. The van der Waals surface area contributed by atoms with Crippen molar-refractivity contribution in [3.63, 3.8) is 0 Å². The molecule has 0 saturated carbocycles. The van der Waals surface area contributed by atoms with Crippen molar-refractivity contribution >= 4 is 17.4 Å². The van der Waals surface area contributed by atoms with Crippen LogP contribution < -0.4 is 10.1 Å². The second-order valence-corrected chi connectivity index (χ2v) is 7.93. The molecular weight excluding hydrogens is 457 g/mol. The first-order valence-corrected chi connectivity index (χ1v) is 10.5. The third-order valence-corrected chi connectivity index (χ3v) is 5.43. The zero-order valence-corrected chi connectivity index (χ0v) is 18.5. The number of carboxylic acid groups (broad SMARTS) is 1. The van der Waals surface area contributed by atoms with Crippen LogP contribution in [0.4, 0.5) is 23.8 Å². The predicted molar refractivity (Wildman–Crippen MR) is 115 cm³/mol. The van der Waals surface area contributed by atoms with Crippen LogP contribution in [0.5, 0.6) is 5.75 Å². The summed E-state index contributed by atoms with van der Waals surface area (Å²) in [6.07, 6.45) is -4.08. The lowest BCUT2D eigenvalue weighted by Gasteiger charge is -2.31. The van der Waals surface area contributed by atoms with Crippen LogP contribution in [0.15, 0.2) is 24.3 Å². The molecule has 34 heavy (non-hydrogen) atoms. The maximum absolute atomic E-state index is 13.3. The van der Waals surface area contributed by atoms with Crippen molar-refractivity contribution in [2.24, 2.45) is 0 Å². The lowest BCUT2D eigenvalue weighted by molar-refractivity contribution is -0.137. The van der Waals surface area contributed by atoms with E-state index in [9.17, 15) is 23.1 Å². The number of hydrogen-bond donors (Lipinski definition) is 2. The third kappa shape index (κ3) is 4.83. The van der Waals surface area contributed by atoms with Gasteiger partial charge in [-0.2, -0.15) is 18.3 Å². The van der Waals surface area contributed by atoms with Gasteiger partial charge < -0.3 is 24.8 Å². The number of amides is 1. The summed E-state index contributed by atoms with van der Waals surface area (Å²) in [6, 6.07) is 4.67. The van der Waals surface area contributed by atoms with Gasteiger partial charge in [-0.3, -0.25) is 0 Å². The first-order chi connectivity index (χ1) is 16.2. The number of halogens is 3. The third-order valence-electron chi connectivity index (χ3n) is 5.43. The van der Waals surface area contributed by atoms with E-state index in [4.69, 9.17) is 9.47 Å². The minimum absolute atomic E-state index is 0.0782. The van der Waals surface area contributed by atoms with E-state index in [0.717, 1.165) is 18.6 Å². The highest BCUT2D eigenvalue weighted by atomic mass is 19.4. The number of aromatic nitrogens is 4. The average Bonchev–Trinajstić information content (AvgIpc) is 3.19. The minimum atomic E-state index is -4.55. The second kappa shape index (κ2) is 9.33. The fourth-order valence-electron chi connectivity index (χ4n) is 3.88. The van der Waals surface area contributed by atoms with Crippen LogP contribution in [0.1, 0.15) is 24.1 Å². The minimum Gasteiger partial charge on any atom is -0.467 e. The largest absolute Gasteiger partial charge is 0.467 e. The normalized spacial score (nSPS) is 16.6. The van der Waals surface area contributed by atoms with Gasteiger partial charge in [0, 0.05) is 26.2 Å². The highest BCUT2D eigenvalue weighted by Crippen LogP contribution is 2.37. The van der Waals surface area contributed by atoms with Crippen molar-refractivity contribution in [3.8, 4) is 17.1 Å². The van der Waals surface area contributed by atoms with E-state index in [1.54, 1.807) is 13.0 Å². The zero-order valence-electron chi connectivity index (χ0n) is 18.5. The molecule has 13 heteroatoms. The molecule has 0 aliphatic carbocycles. The predicted octanol–water partition coefficient (Wildman–Crippen LogP) is 3.66. The molecule has 2 aromatic heterocycles. The highest BCUT2D eigenvalue weighted by molar-refractivity contribution is 5.74. The molecule has 1 aromatic carbocycles. The van der Waals surface area contributed by atoms with E-state index >= 15 is 0 Å². The molecule has 0 bridgehead atoms. The van der Waals surface area contributed by atoms with Crippen LogP contribution in [0.2, 0.25) is 0 Å². The maximum atomic E-state index is 13.3. The van der Waals surface area contributed by atoms with Crippen molar-refractivity contribution in [3.05, 3.63) is 35.5 Å². The number of anilines is 1. The summed E-state index contributed by atoms with van der Waals surface area (Å²) in [7, 11) is 1.36. The summed E-state index contributed by atoms with van der Waals surface area (Å²) in [5.74, 6) is 0.502. The van der Waals surface area contributed by atoms with Crippen LogP contribution >= 0.6 is 0 Å². The van der Waals surface area contributed by atoms with Gasteiger partial charge in [0.15, 0.2) is 18.4 Å². The van der Waals surface area contributed by atoms with Crippen LogP contribution in [0, 0.1) is 6.92 Å². The summed E-state index contributed by atoms with van der Waals surface area (Å²) in [4.78, 5) is 12.7. The summed E-state index contributed by atoms with van der Waals surface area (Å²) >= 11 is 0. The molecule has 1 aliphatic heterocycles. The Morgan fingerprint density at radius 1 is 1.29 bits per heavy atom. The number of aryl methyl sites for hydroxylation is 1. The average molecular weight is 480 g/mol. The number of ether oxygens (including phenoxy) is 2. The molecule has 0 spiro atoms. The smallest absolute Gasteiger partial charge is 0.416 e. The van der Waals surface area contributed by atoms with E-state index in [-0.39, 0.29) is 30.0 Å². The first-order valence-electron chi connectivity index (χ1n) is 10.5. The standard InChI is InChI=1S/C21H23F3N6O4/c1-12-8-16-18(25-14-4-3-7-29(10-14)20(31)32)26-27-19(30(16)28-12)15-6-5-13(21(22,23)24)9-17(15)34-11-33-2/h5-6,8-9,14H,3-4,7,10-11H2,1-2H3,(H,25,26)(H,31,32)/t14-/m1/s1. The quantitative estimate of drug-likeness (QED) is 0.514. The summed E-state index contributed by atoms with van der Waals surface area (Å²) < 4.78 is 51.5. The summed E-state index contributed by atoms with van der Waals surface area (Å²) in [6.45, 7) is 2.27. The number of benzene rings is 1. The van der Waals surface area contributed by atoms with E-state index in [1.807, 2.05) is 0 Å². The van der Waals surface area contributed by atoms with E-state index in [2.05, 4.69) is 20.6 Å². The number of methoxy groups -OCH3 is 1. The van der Waals surface area contributed by atoms with Gasteiger partial charge in [-0.05, 0) is 44.0 Å². The Kier molecular flexibility index (Phi) is 6.46.